The van der Waals surface area contributed by atoms with Gasteiger partial charge in [-0.05, 0) is 23.8 Å². The summed E-state index contributed by atoms with van der Waals surface area (Å²) < 4.78 is 5.13. The third kappa shape index (κ3) is 3.36. The van der Waals surface area contributed by atoms with Gasteiger partial charge in [-0.2, -0.15) is 0 Å². The summed E-state index contributed by atoms with van der Waals surface area (Å²) in [7, 11) is 0. The second-order valence-corrected chi connectivity index (χ2v) is 5.53. The molecule has 0 atom stereocenters. The Labute approximate surface area is 134 Å². The summed E-state index contributed by atoms with van der Waals surface area (Å²) in [5.41, 5.74) is 7.35. The molecule has 0 spiro atoms. The largest absolute Gasteiger partial charge is 0.459 e. The van der Waals surface area contributed by atoms with E-state index in [4.69, 9.17) is 10.2 Å². The van der Waals surface area contributed by atoms with Gasteiger partial charge in [0.25, 0.3) is 5.91 Å². The topological polar surface area (TPSA) is 79.8 Å². The first-order valence-electron chi connectivity index (χ1n) is 7.59. The molecule has 3 rings (SSSR count). The molecule has 2 heterocycles. The SMILES string of the molecule is Nc1ccccc1CC(=O)N1CCN(C(=O)c2ccco2)CC1. The molecule has 23 heavy (non-hydrogen) atoms. The summed E-state index contributed by atoms with van der Waals surface area (Å²) >= 11 is 0. The highest BCUT2D eigenvalue weighted by atomic mass is 16.3. The third-order valence-electron chi connectivity index (χ3n) is 4.05. The fraction of sp³-hybridized carbons (Fsp3) is 0.294. The number of furan rings is 1. The maximum atomic E-state index is 12.4. The number of hydrogen-bond acceptors (Lipinski definition) is 4. The van der Waals surface area contributed by atoms with Crippen LogP contribution in [0.15, 0.2) is 47.1 Å². The van der Waals surface area contributed by atoms with Crippen molar-refractivity contribution in [3.05, 3.63) is 54.0 Å². The highest BCUT2D eigenvalue weighted by Gasteiger charge is 2.26. The molecule has 0 saturated carbocycles. The Balaban J connectivity index is 1.55. The van der Waals surface area contributed by atoms with E-state index in [1.807, 2.05) is 18.2 Å². The van der Waals surface area contributed by atoms with Crippen LogP contribution in [0.25, 0.3) is 0 Å². The average molecular weight is 313 g/mol. The molecular formula is C17H19N3O3. The molecule has 1 fully saturated rings. The van der Waals surface area contributed by atoms with Gasteiger partial charge in [0.15, 0.2) is 5.76 Å². The van der Waals surface area contributed by atoms with Crippen LogP contribution in [0.1, 0.15) is 16.1 Å². The number of rotatable bonds is 3. The lowest BCUT2D eigenvalue weighted by atomic mass is 10.1. The third-order valence-corrected chi connectivity index (χ3v) is 4.05. The maximum Gasteiger partial charge on any atom is 0.289 e. The standard InChI is InChI=1S/C17H19N3O3/c18-14-5-2-1-4-13(14)12-16(21)19-7-9-20(10-8-19)17(22)15-6-3-11-23-15/h1-6,11H,7-10,12,18H2. The van der Waals surface area contributed by atoms with Crippen molar-refractivity contribution in [3.8, 4) is 0 Å². The fourth-order valence-corrected chi connectivity index (χ4v) is 2.68. The number of para-hydroxylation sites is 1. The molecule has 2 aromatic rings. The van der Waals surface area contributed by atoms with E-state index in [9.17, 15) is 9.59 Å². The zero-order chi connectivity index (χ0) is 16.2. The van der Waals surface area contributed by atoms with Crippen LogP contribution < -0.4 is 5.73 Å². The quantitative estimate of drug-likeness (QED) is 0.868. The fourth-order valence-electron chi connectivity index (χ4n) is 2.68. The molecule has 2 N–H and O–H groups in total. The molecule has 1 aromatic heterocycles. The van der Waals surface area contributed by atoms with E-state index in [0.717, 1.165) is 5.56 Å². The number of carbonyl (C=O) groups excluding carboxylic acids is 2. The van der Waals surface area contributed by atoms with E-state index in [-0.39, 0.29) is 11.8 Å². The second kappa shape index (κ2) is 6.56. The van der Waals surface area contributed by atoms with E-state index in [0.29, 0.717) is 44.0 Å². The summed E-state index contributed by atoms with van der Waals surface area (Å²) in [6, 6.07) is 10.7. The Morgan fingerprint density at radius 1 is 1.00 bits per heavy atom. The van der Waals surface area contributed by atoms with Crippen LogP contribution in [0.2, 0.25) is 0 Å². The number of nitrogens with two attached hydrogens (primary N) is 1. The lowest BCUT2D eigenvalue weighted by Crippen LogP contribution is -2.51. The Morgan fingerprint density at radius 3 is 2.35 bits per heavy atom. The molecule has 1 aromatic carbocycles. The minimum Gasteiger partial charge on any atom is -0.459 e. The normalized spacial score (nSPS) is 14.8. The number of carbonyl (C=O) groups is 2. The molecule has 1 aliphatic rings. The maximum absolute atomic E-state index is 12.4. The second-order valence-electron chi connectivity index (χ2n) is 5.53. The Bertz CT molecular complexity index is 689. The minimum atomic E-state index is -0.130. The van der Waals surface area contributed by atoms with Crippen molar-refractivity contribution in [2.45, 2.75) is 6.42 Å². The summed E-state index contributed by atoms with van der Waals surface area (Å²) in [5, 5.41) is 0. The van der Waals surface area contributed by atoms with Gasteiger partial charge in [-0.3, -0.25) is 9.59 Å². The van der Waals surface area contributed by atoms with Gasteiger partial charge in [0.2, 0.25) is 5.91 Å². The average Bonchev–Trinajstić information content (AvgIpc) is 3.11. The number of amides is 2. The van der Waals surface area contributed by atoms with Crippen LogP contribution in [0.4, 0.5) is 5.69 Å². The molecule has 6 nitrogen and oxygen atoms in total. The lowest BCUT2D eigenvalue weighted by molar-refractivity contribution is -0.131. The smallest absolute Gasteiger partial charge is 0.289 e. The molecule has 0 unspecified atom stereocenters. The first-order chi connectivity index (χ1) is 11.1. The molecule has 120 valence electrons. The Hall–Kier alpha value is -2.76. The van der Waals surface area contributed by atoms with E-state index in [1.54, 1.807) is 28.0 Å². The van der Waals surface area contributed by atoms with E-state index in [1.165, 1.54) is 6.26 Å². The van der Waals surface area contributed by atoms with E-state index < -0.39 is 0 Å². The van der Waals surface area contributed by atoms with Gasteiger partial charge < -0.3 is 20.0 Å². The Kier molecular flexibility index (Phi) is 4.32. The monoisotopic (exact) mass is 313 g/mol. The van der Waals surface area contributed by atoms with Crippen LogP contribution in [0, 0.1) is 0 Å². The van der Waals surface area contributed by atoms with Gasteiger partial charge in [-0.25, -0.2) is 0 Å². The Morgan fingerprint density at radius 2 is 1.70 bits per heavy atom. The molecule has 6 heteroatoms. The molecule has 0 bridgehead atoms. The molecule has 0 aliphatic carbocycles. The van der Waals surface area contributed by atoms with Gasteiger partial charge >= 0.3 is 0 Å². The van der Waals surface area contributed by atoms with Gasteiger partial charge in [-0.1, -0.05) is 18.2 Å². The van der Waals surface area contributed by atoms with Gasteiger partial charge in [0.1, 0.15) is 0 Å². The van der Waals surface area contributed by atoms with Crippen molar-refractivity contribution in [2.75, 3.05) is 31.9 Å². The first kappa shape index (κ1) is 15.1. The lowest BCUT2D eigenvalue weighted by Gasteiger charge is -2.34. The van der Waals surface area contributed by atoms with Crippen molar-refractivity contribution in [3.63, 3.8) is 0 Å². The number of benzene rings is 1. The number of nitrogen functional groups attached to an aromatic ring is 1. The van der Waals surface area contributed by atoms with Gasteiger partial charge in [0.05, 0.1) is 12.7 Å². The van der Waals surface area contributed by atoms with Crippen molar-refractivity contribution >= 4 is 17.5 Å². The number of piperazine rings is 1. The summed E-state index contributed by atoms with van der Waals surface area (Å²) in [4.78, 5) is 28.0. The number of nitrogens with zero attached hydrogens (tertiary/aromatic N) is 2. The highest BCUT2D eigenvalue weighted by Crippen LogP contribution is 2.14. The molecule has 2 amide bonds. The van der Waals surface area contributed by atoms with Crippen LogP contribution in [0.5, 0.6) is 0 Å². The van der Waals surface area contributed by atoms with Crippen molar-refractivity contribution in [1.82, 2.24) is 9.80 Å². The number of anilines is 1. The van der Waals surface area contributed by atoms with Crippen molar-refractivity contribution < 1.29 is 14.0 Å². The number of hydrogen-bond donors (Lipinski definition) is 1. The predicted molar refractivity (Wildman–Crippen MR) is 85.7 cm³/mol. The van der Waals surface area contributed by atoms with Crippen LogP contribution in [0.3, 0.4) is 0 Å². The molecule has 1 saturated heterocycles. The van der Waals surface area contributed by atoms with Crippen LogP contribution >= 0.6 is 0 Å². The predicted octanol–water partition coefficient (Wildman–Crippen LogP) is 1.39. The first-order valence-corrected chi connectivity index (χ1v) is 7.59. The van der Waals surface area contributed by atoms with Crippen molar-refractivity contribution in [2.24, 2.45) is 0 Å². The summed E-state index contributed by atoms with van der Waals surface area (Å²) in [5.74, 6) is 0.240. The molecular weight excluding hydrogens is 294 g/mol. The molecule has 1 aliphatic heterocycles. The zero-order valence-electron chi connectivity index (χ0n) is 12.8. The van der Waals surface area contributed by atoms with Crippen LogP contribution in [-0.2, 0) is 11.2 Å². The van der Waals surface area contributed by atoms with Crippen molar-refractivity contribution in [1.29, 1.82) is 0 Å². The molecule has 0 radical (unpaired) electrons. The summed E-state index contributed by atoms with van der Waals surface area (Å²) in [6.45, 7) is 2.07. The highest BCUT2D eigenvalue weighted by molar-refractivity contribution is 5.91. The minimum absolute atomic E-state index is 0.0352. The van der Waals surface area contributed by atoms with E-state index >= 15 is 0 Å². The summed E-state index contributed by atoms with van der Waals surface area (Å²) in [6.07, 6.45) is 1.77. The van der Waals surface area contributed by atoms with Gasteiger partial charge in [-0.15, -0.1) is 0 Å². The van der Waals surface area contributed by atoms with E-state index in [2.05, 4.69) is 0 Å². The van der Waals surface area contributed by atoms with Gasteiger partial charge in [0, 0.05) is 31.9 Å². The van der Waals surface area contributed by atoms with Crippen LogP contribution in [-0.4, -0.2) is 47.8 Å². The zero-order valence-corrected chi connectivity index (χ0v) is 12.8.